The highest BCUT2D eigenvalue weighted by molar-refractivity contribution is 7.89. The number of halogens is 2. The summed E-state index contributed by atoms with van der Waals surface area (Å²) >= 11 is 11.9. The first-order chi connectivity index (χ1) is 13.0. The van der Waals surface area contributed by atoms with E-state index in [1.54, 1.807) is 0 Å². The van der Waals surface area contributed by atoms with E-state index in [1.165, 1.54) is 22.5 Å². The Morgan fingerprint density at radius 2 is 1.75 bits per heavy atom. The maximum atomic E-state index is 12.9. The Morgan fingerprint density at radius 1 is 1.11 bits per heavy atom. The van der Waals surface area contributed by atoms with Gasteiger partial charge in [0.25, 0.3) is 0 Å². The topological polar surface area (TPSA) is 79.5 Å². The van der Waals surface area contributed by atoms with Crippen molar-refractivity contribution in [2.45, 2.75) is 44.0 Å². The molecule has 0 bridgehead atoms. The van der Waals surface area contributed by atoms with Crippen LogP contribution in [0.3, 0.4) is 0 Å². The zero-order chi connectivity index (χ0) is 20.7. The van der Waals surface area contributed by atoms with E-state index in [9.17, 15) is 8.42 Å². The van der Waals surface area contributed by atoms with Gasteiger partial charge in [0, 0.05) is 31.6 Å². The molecular formula is C18H24Cl2N4O3S. The molecule has 3 rings (SSSR count). The Hall–Kier alpha value is -1.19. The lowest BCUT2D eigenvalue weighted by Crippen LogP contribution is -2.49. The third-order valence-corrected chi connectivity index (χ3v) is 7.45. The molecule has 0 spiro atoms. The number of piperazine rings is 1. The molecule has 154 valence electrons. The molecule has 1 unspecified atom stereocenters. The summed E-state index contributed by atoms with van der Waals surface area (Å²) < 4.78 is 32.6. The molecule has 0 amide bonds. The Balaban J connectivity index is 1.68. The fourth-order valence-corrected chi connectivity index (χ4v) is 4.80. The van der Waals surface area contributed by atoms with E-state index in [2.05, 4.69) is 15.0 Å². The molecule has 0 N–H and O–H groups in total. The van der Waals surface area contributed by atoms with Crippen LogP contribution < -0.4 is 0 Å². The summed E-state index contributed by atoms with van der Waals surface area (Å²) in [6.07, 6.45) is 0. The summed E-state index contributed by atoms with van der Waals surface area (Å²) in [6.45, 7) is 9.93. The van der Waals surface area contributed by atoms with E-state index in [0.29, 0.717) is 42.9 Å². The van der Waals surface area contributed by atoms with Crippen LogP contribution in [0.5, 0.6) is 0 Å². The van der Waals surface area contributed by atoms with Crippen molar-refractivity contribution in [3.63, 3.8) is 0 Å². The van der Waals surface area contributed by atoms with Gasteiger partial charge in [0.15, 0.2) is 5.82 Å². The van der Waals surface area contributed by atoms with Crippen LogP contribution in [-0.2, 0) is 15.4 Å². The van der Waals surface area contributed by atoms with Gasteiger partial charge in [-0.05, 0) is 25.1 Å². The van der Waals surface area contributed by atoms with Crippen molar-refractivity contribution in [1.82, 2.24) is 19.3 Å². The van der Waals surface area contributed by atoms with Crippen LogP contribution in [0.15, 0.2) is 27.6 Å². The van der Waals surface area contributed by atoms with Crippen LogP contribution in [0.4, 0.5) is 0 Å². The lowest BCUT2D eigenvalue weighted by Gasteiger charge is -2.36. The highest BCUT2D eigenvalue weighted by Crippen LogP contribution is 2.28. The first-order valence-electron chi connectivity index (χ1n) is 9.03. The average molecular weight is 447 g/mol. The third-order valence-electron chi connectivity index (χ3n) is 4.82. The van der Waals surface area contributed by atoms with Crippen LogP contribution in [0.1, 0.15) is 45.5 Å². The van der Waals surface area contributed by atoms with Crippen LogP contribution in [0.2, 0.25) is 10.0 Å². The summed E-state index contributed by atoms with van der Waals surface area (Å²) in [5.41, 5.74) is -0.186. The highest BCUT2D eigenvalue weighted by Gasteiger charge is 2.32. The second-order valence-electron chi connectivity index (χ2n) is 7.90. The molecule has 1 aliphatic rings. The zero-order valence-corrected chi connectivity index (χ0v) is 18.6. The van der Waals surface area contributed by atoms with Gasteiger partial charge >= 0.3 is 0 Å². The van der Waals surface area contributed by atoms with E-state index in [1.807, 2.05) is 27.7 Å². The number of benzene rings is 1. The second kappa shape index (κ2) is 7.91. The first-order valence-corrected chi connectivity index (χ1v) is 11.2. The Morgan fingerprint density at radius 3 is 2.29 bits per heavy atom. The van der Waals surface area contributed by atoms with Crippen molar-refractivity contribution in [2.75, 3.05) is 26.2 Å². The molecule has 2 heterocycles. The van der Waals surface area contributed by atoms with Gasteiger partial charge in [-0.2, -0.15) is 9.29 Å². The van der Waals surface area contributed by atoms with Crippen LogP contribution in [0, 0.1) is 0 Å². The fourth-order valence-electron chi connectivity index (χ4n) is 2.98. The number of hydrogen-bond acceptors (Lipinski definition) is 6. The first kappa shape index (κ1) is 21.5. The van der Waals surface area contributed by atoms with Gasteiger partial charge in [0.2, 0.25) is 15.9 Å². The molecule has 1 aliphatic heterocycles. The number of nitrogens with zero attached hydrogens (tertiary/aromatic N) is 4. The lowest BCUT2D eigenvalue weighted by atomic mass is 9.96. The number of rotatable bonds is 4. The Bertz CT molecular complexity index is 948. The highest BCUT2D eigenvalue weighted by atomic mass is 35.5. The van der Waals surface area contributed by atoms with Crippen molar-refractivity contribution in [1.29, 1.82) is 0 Å². The van der Waals surface area contributed by atoms with Gasteiger partial charge in [-0.3, -0.25) is 4.90 Å². The van der Waals surface area contributed by atoms with Crippen molar-refractivity contribution < 1.29 is 12.9 Å². The zero-order valence-electron chi connectivity index (χ0n) is 16.3. The van der Waals surface area contributed by atoms with E-state index in [0.717, 1.165) is 0 Å². The molecule has 1 saturated heterocycles. The normalized spacial score (nSPS) is 18.4. The summed E-state index contributed by atoms with van der Waals surface area (Å²) in [5.74, 6) is 1.21. The Kier molecular flexibility index (Phi) is 6.08. The average Bonchev–Trinajstić information content (AvgIpc) is 3.14. The molecule has 0 aliphatic carbocycles. The summed E-state index contributed by atoms with van der Waals surface area (Å²) in [7, 11) is -3.62. The van der Waals surface area contributed by atoms with Gasteiger partial charge in [0.1, 0.15) is 0 Å². The SMILES string of the molecule is CC(c1nc(C(C)(C)C)no1)N1CCN(S(=O)(=O)c2ccc(Cl)c(Cl)c2)CC1. The second-order valence-corrected chi connectivity index (χ2v) is 10.7. The molecular weight excluding hydrogens is 423 g/mol. The minimum absolute atomic E-state index is 0.0848. The molecule has 7 nitrogen and oxygen atoms in total. The fraction of sp³-hybridized carbons (Fsp3) is 0.556. The van der Waals surface area contributed by atoms with Crippen molar-refractivity contribution in [3.8, 4) is 0 Å². The molecule has 28 heavy (non-hydrogen) atoms. The Labute approximate surface area is 175 Å². The number of aromatic nitrogens is 2. The van der Waals surface area contributed by atoms with E-state index >= 15 is 0 Å². The van der Waals surface area contributed by atoms with E-state index in [4.69, 9.17) is 27.7 Å². The minimum Gasteiger partial charge on any atom is -0.338 e. The van der Waals surface area contributed by atoms with Crippen LogP contribution >= 0.6 is 23.2 Å². The predicted octanol–water partition coefficient (Wildman–Crippen LogP) is 3.74. The molecule has 1 aromatic heterocycles. The van der Waals surface area contributed by atoms with Gasteiger partial charge in [-0.15, -0.1) is 0 Å². The van der Waals surface area contributed by atoms with Gasteiger partial charge in [-0.25, -0.2) is 8.42 Å². The third kappa shape index (κ3) is 4.36. The van der Waals surface area contributed by atoms with Gasteiger partial charge < -0.3 is 4.52 Å². The molecule has 1 atom stereocenters. The maximum Gasteiger partial charge on any atom is 0.243 e. The standard InChI is InChI=1S/C18H24Cl2N4O3S/c1-12(16-21-17(22-27-16)18(2,3)4)23-7-9-24(10-8-23)28(25,26)13-5-6-14(19)15(20)11-13/h5-6,11-12H,7-10H2,1-4H3. The molecule has 10 heteroatoms. The van der Waals surface area contributed by atoms with Gasteiger partial charge in [0.05, 0.1) is 21.0 Å². The molecule has 1 aromatic carbocycles. The molecule has 0 radical (unpaired) electrons. The van der Waals surface area contributed by atoms with Crippen molar-refractivity contribution in [2.24, 2.45) is 0 Å². The number of sulfonamides is 1. The lowest BCUT2D eigenvalue weighted by molar-refractivity contribution is 0.124. The number of hydrogen-bond donors (Lipinski definition) is 0. The predicted molar refractivity (Wildman–Crippen MR) is 108 cm³/mol. The smallest absolute Gasteiger partial charge is 0.243 e. The summed E-state index contributed by atoms with van der Waals surface area (Å²) in [5, 5.41) is 4.62. The van der Waals surface area contributed by atoms with E-state index < -0.39 is 10.0 Å². The van der Waals surface area contributed by atoms with Crippen LogP contribution in [-0.4, -0.2) is 53.9 Å². The van der Waals surface area contributed by atoms with Gasteiger partial charge in [-0.1, -0.05) is 49.1 Å². The largest absolute Gasteiger partial charge is 0.338 e. The maximum absolute atomic E-state index is 12.9. The van der Waals surface area contributed by atoms with E-state index in [-0.39, 0.29) is 21.4 Å². The quantitative estimate of drug-likeness (QED) is 0.711. The summed E-state index contributed by atoms with van der Waals surface area (Å²) in [6, 6.07) is 4.28. The molecule has 1 fully saturated rings. The monoisotopic (exact) mass is 446 g/mol. The van der Waals surface area contributed by atoms with Crippen molar-refractivity contribution >= 4 is 33.2 Å². The molecule has 2 aromatic rings. The molecule has 0 saturated carbocycles. The van der Waals surface area contributed by atoms with Crippen molar-refractivity contribution in [3.05, 3.63) is 40.0 Å². The minimum atomic E-state index is -3.62. The van der Waals surface area contributed by atoms with Crippen LogP contribution in [0.25, 0.3) is 0 Å². The summed E-state index contributed by atoms with van der Waals surface area (Å²) in [4.78, 5) is 6.80.